The number of benzene rings is 1. The Labute approximate surface area is 161 Å². The van der Waals surface area contributed by atoms with Gasteiger partial charge in [-0.2, -0.15) is 4.80 Å². The second-order valence-corrected chi connectivity index (χ2v) is 6.72. The lowest BCUT2D eigenvalue weighted by Gasteiger charge is -2.20. The van der Waals surface area contributed by atoms with Gasteiger partial charge in [0.05, 0.1) is 6.54 Å². The van der Waals surface area contributed by atoms with E-state index in [1.54, 1.807) is 31.2 Å². The summed E-state index contributed by atoms with van der Waals surface area (Å²) >= 11 is 6.07. The topological polar surface area (TPSA) is 99.0 Å². The fraction of sp³-hybridized carbons (Fsp3) is 0.389. The number of esters is 2. The molecule has 1 aliphatic rings. The molecule has 1 fully saturated rings. The Bertz CT molecular complexity index is 858. The maximum atomic E-state index is 12.0. The Hall–Kier alpha value is -2.58. The molecule has 1 aromatic carbocycles. The van der Waals surface area contributed by atoms with Crippen LogP contribution in [0.25, 0.3) is 6.08 Å². The van der Waals surface area contributed by atoms with E-state index in [1.807, 2.05) is 0 Å². The van der Waals surface area contributed by atoms with Crippen LogP contribution in [-0.4, -0.2) is 44.7 Å². The van der Waals surface area contributed by atoms with E-state index < -0.39 is 18.0 Å². The van der Waals surface area contributed by atoms with E-state index in [9.17, 15) is 9.59 Å². The number of nitrogens with zero attached hydrogens (tertiary/aromatic N) is 4. The SMILES string of the molecule is Cc1nnn(Cc2cc(Cl)ccc2C=CC(=O)OC(=O)C2CCCCN2)n1. The van der Waals surface area contributed by atoms with E-state index in [2.05, 4.69) is 20.7 Å². The molecule has 27 heavy (non-hydrogen) atoms. The molecule has 0 amide bonds. The van der Waals surface area contributed by atoms with Crippen molar-refractivity contribution >= 4 is 29.6 Å². The zero-order valence-corrected chi connectivity index (χ0v) is 15.6. The Morgan fingerprint density at radius 1 is 1.41 bits per heavy atom. The van der Waals surface area contributed by atoms with Gasteiger partial charge < -0.3 is 10.1 Å². The lowest BCUT2D eigenvalue weighted by molar-refractivity contribution is -0.158. The average molecular weight is 390 g/mol. The van der Waals surface area contributed by atoms with Crippen molar-refractivity contribution in [3.05, 3.63) is 46.2 Å². The molecule has 3 rings (SSSR count). The monoisotopic (exact) mass is 389 g/mol. The standard InChI is InChI=1S/C18H20ClN5O3/c1-12-21-23-24(22-12)11-14-10-15(19)7-5-13(14)6-8-17(25)27-18(26)16-4-2-3-9-20-16/h5-8,10,16,20H,2-4,9,11H2,1H3. The normalized spacial score (nSPS) is 17.2. The highest BCUT2D eigenvalue weighted by Crippen LogP contribution is 2.18. The summed E-state index contributed by atoms with van der Waals surface area (Å²) in [6.07, 6.45) is 5.46. The van der Waals surface area contributed by atoms with Gasteiger partial charge in [-0.1, -0.05) is 24.1 Å². The molecule has 1 N–H and O–H groups in total. The molecule has 1 aromatic heterocycles. The number of carbonyl (C=O) groups excluding carboxylic acids is 2. The van der Waals surface area contributed by atoms with Gasteiger partial charge in [0.15, 0.2) is 5.82 Å². The van der Waals surface area contributed by atoms with Gasteiger partial charge in [-0.05, 0) is 60.9 Å². The number of rotatable bonds is 5. The molecule has 1 aliphatic heterocycles. The van der Waals surface area contributed by atoms with Gasteiger partial charge in [0.2, 0.25) is 0 Å². The Balaban J connectivity index is 1.66. The number of hydrogen-bond donors (Lipinski definition) is 1. The van der Waals surface area contributed by atoms with Gasteiger partial charge in [-0.25, -0.2) is 9.59 Å². The molecule has 0 saturated carbocycles. The first-order chi connectivity index (χ1) is 13.0. The van der Waals surface area contributed by atoms with Crippen LogP contribution in [0.1, 0.15) is 36.2 Å². The molecule has 2 heterocycles. The van der Waals surface area contributed by atoms with Crippen LogP contribution >= 0.6 is 11.6 Å². The zero-order valence-electron chi connectivity index (χ0n) is 14.9. The van der Waals surface area contributed by atoms with Crippen molar-refractivity contribution in [2.24, 2.45) is 0 Å². The van der Waals surface area contributed by atoms with Crippen LogP contribution in [0.5, 0.6) is 0 Å². The zero-order chi connectivity index (χ0) is 19.2. The maximum absolute atomic E-state index is 12.0. The highest BCUT2D eigenvalue weighted by molar-refractivity contribution is 6.30. The fourth-order valence-corrected chi connectivity index (χ4v) is 3.03. The summed E-state index contributed by atoms with van der Waals surface area (Å²) < 4.78 is 4.90. The number of nitrogens with one attached hydrogen (secondary N) is 1. The lowest BCUT2D eigenvalue weighted by Crippen LogP contribution is -2.42. The smallest absolute Gasteiger partial charge is 0.338 e. The van der Waals surface area contributed by atoms with Crippen molar-refractivity contribution in [3.8, 4) is 0 Å². The molecule has 1 saturated heterocycles. The summed E-state index contributed by atoms with van der Waals surface area (Å²) in [6, 6.07) is 4.84. The number of ether oxygens (including phenoxy) is 1. The molecule has 0 spiro atoms. The van der Waals surface area contributed by atoms with Crippen molar-refractivity contribution in [2.75, 3.05) is 6.54 Å². The van der Waals surface area contributed by atoms with Gasteiger partial charge in [-0.15, -0.1) is 10.2 Å². The van der Waals surface area contributed by atoms with E-state index in [4.69, 9.17) is 16.3 Å². The van der Waals surface area contributed by atoms with E-state index in [0.29, 0.717) is 23.8 Å². The van der Waals surface area contributed by atoms with E-state index in [1.165, 1.54) is 10.9 Å². The average Bonchev–Trinajstić information content (AvgIpc) is 3.06. The van der Waals surface area contributed by atoms with Crippen molar-refractivity contribution in [2.45, 2.75) is 38.8 Å². The van der Waals surface area contributed by atoms with Crippen molar-refractivity contribution < 1.29 is 14.3 Å². The van der Waals surface area contributed by atoms with Crippen LogP contribution < -0.4 is 5.32 Å². The van der Waals surface area contributed by atoms with Gasteiger partial charge in [0.25, 0.3) is 0 Å². The molecular weight excluding hydrogens is 370 g/mol. The Morgan fingerprint density at radius 3 is 2.96 bits per heavy atom. The summed E-state index contributed by atoms with van der Waals surface area (Å²) in [4.78, 5) is 25.4. The van der Waals surface area contributed by atoms with Crippen molar-refractivity contribution in [1.29, 1.82) is 0 Å². The van der Waals surface area contributed by atoms with Crippen molar-refractivity contribution in [3.63, 3.8) is 0 Å². The van der Waals surface area contributed by atoms with Gasteiger partial charge in [0.1, 0.15) is 6.04 Å². The maximum Gasteiger partial charge on any atom is 0.338 e. The number of aryl methyl sites for hydroxylation is 1. The molecule has 8 nitrogen and oxygen atoms in total. The third-order valence-corrected chi connectivity index (χ3v) is 4.40. The van der Waals surface area contributed by atoms with Crippen LogP contribution in [0.3, 0.4) is 0 Å². The first-order valence-corrected chi connectivity index (χ1v) is 9.09. The number of hydrogen-bond acceptors (Lipinski definition) is 7. The Kier molecular flexibility index (Phi) is 6.31. The van der Waals surface area contributed by atoms with Crippen molar-refractivity contribution in [1.82, 2.24) is 25.5 Å². The first-order valence-electron chi connectivity index (χ1n) is 8.71. The van der Waals surface area contributed by atoms with Crippen LogP contribution in [0.4, 0.5) is 0 Å². The highest BCUT2D eigenvalue weighted by Gasteiger charge is 2.23. The van der Waals surface area contributed by atoms with Crippen LogP contribution in [0.15, 0.2) is 24.3 Å². The van der Waals surface area contributed by atoms with E-state index in [0.717, 1.165) is 30.5 Å². The molecule has 142 valence electrons. The Morgan fingerprint density at radius 2 is 2.26 bits per heavy atom. The largest absolute Gasteiger partial charge is 0.389 e. The van der Waals surface area contributed by atoms with Crippen LogP contribution in [-0.2, 0) is 20.9 Å². The summed E-state index contributed by atoms with van der Waals surface area (Å²) in [5.74, 6) is -0.682. The molecule has 2 aromatic rings. The minimum atomic E-state index is -0.706. The number of halogens is 1. The summed E-state index contributed by atoms with van der Waals surface area (Å²) in [5.41, 5.74) is 1.55. The van der Waals surface area contributed by atoms with Gasteiger partial charge in [0, 0.05) is 11.1 Å². The third kappa shape index (κ3) is 5.45. The molecule has 0 aliphatic carbocycles. The van der Waals surface area contributed by atoms with Gasteiger partial charge >= 0.3 is 11.9 Å². The minimum absolute atomic E-state index is 0.348. The number of carbonyl (C=O) groups is 2. The van der Waals surface area contributed by atoms with E-state index in [-0.39, 0.29) is 0 Å². The summed E-state index contributed by atoms with van der Waals surface area (Å²) in [7, 11) is 0. The van der Waals surface area contributed by atoms with Crippen LogP contribution in [0, 0.1) is 6.92 Å². The molecular formula is C18H20ClN5O3. The molecule has 1 atom stereocenters. The number of piperidine rings is 1. The number of aromatic nitrogens is 4. The molecule has 0 radical (unpaired) electrons. The second-order valence-electron chi connectivity index (χ2n) is 6.29. The quantitative estimate of drug-likeness (QED) is 0.473. The minimum Gasteiger partial charge on any atom is -0.389 e. The molecule has 1 unspecified atom stereocenters. The van der Waals surface area contributed by atoms with E-state index >= 15 is 0 Å². The highest BCUT2D eigenvalue weighted by atomic mass is 35.5. The summed E-state index contributed by atoms with van der Waals surface area (Å²) in [5, 5.41) is 15.5. The third-order valence-electron chi connectivity index (χ3n) is 4.16. The lowest BCUT2D eigenvalue weighted by atomic mass is 10.1. The fourth-order valence-electron chi connectivity index (χ4n) is 2.83. The number of tetrazole rings is 1. The first kappa shape index (κ1) is 19.2. The van der Waals surface area contributed by atoms with Crippen LogP contribution in [0.2, 0.25) is 5.02 Å². The molecule has 9 heteroatoms. The second kappa shape index (κ2) is 8.88. The predicted octanol–water partition coefficient (Wildman–Crippen LogP) is 1.91. The van der Waals surface area contributed by atoms with Gasteiger partial charge in [-0.3, -0.25) is 0 Å². The summed E-state index contributed by atoms with van der Waals surface area (Å²) in [6.45, 7) is 2.85. The molecule has 0 bridgehead atoms. The predicted molar refractivity (Wildman–Crippen MR) is 98.9 cm³/mol.